The molecule has 1 aliphatic rings. The van der Waals surface area contributed by atoms with Crippen molar-refractivity contribution in [3.05, 3.63) is 53.2 Å². The molecule has 0 fully saturated rings. The van der Waals surface area contributed by atoms with Gasteiger partial charge in [0, 0.05) is 22.0 Å². The first-order valence-electron chi connectivity index (χ1n) is 7.92. The number of esters is 1. The van der Waals surface area contributed by atoms with Gasteiger partial charge in [0.15, 0.2) is 5.13 Å². The maximum Gasteiger partial charge on any atom is 0.354 e. The maximum absolute atomic E-state index is 12.5. The normalized spacial score (nSPS) is 15.5. The number of thioether (sulfide) groups is 1. The third kappa shape index (κ3) is 3.25. The zero-order valence-electron chi connectivity index (χ0n) is 13.8. The van der Waals surface area contributed by atoms with Gasteiger partial charge in [0.25, 0.3) is 0 Å². The van der Waals surface area contributed by atoms with Crippen LogP contribution >= 0.6 is 23.1 Å². The minimum atomic E-state index is -0.433. The lowest BCUT2D eigenvalue weighted by atomic mass is 10.1. The maximum atomic E-state index is 12.5. The van der Waals surface area contributed by atoms with Gasteiger partial charge in [-0.05, 0) is 24.1 Å². The Kier molecular flexibility index (Phi) is 4.52. The van der Waals surface area contributed by atoms with Crippen LogP contribution in [0, 0.1) is 0 Å². The zero-order valence-corrected chi connectivity index (χ0v) is 15.4. The number of hydrogen-bond acceptors (Lipinski definition) is 6. The summed E-state index contributed by atoms with van der Waals surface area (Å²) in [6.07, 6.45) is 2.42. The summed E-state index contributed by atoms with van der Waals surface area (Å²) in [5.74, 6) is -0.478. The van der Waals surface area contributed by atoms with Gasteiger partial charge in [0.05, 0.1) is 18.1 Å². The number of anilines is 1. The first-order valence-corrected chi connectivity index (χ1v) is 9.68. The molecule has 0 spiro atoms. The molecule has 6 nitrogen and oxygen atoms in total. The summed E-state index contributed by atoms with van der Waals surface area (Å²) in [7, 11) is 1.33. The van der Waals surface area contributed by atoms with E-state index in [0.29, 0.717) is 16.5 Å². The van der Waals surface area contributed by atoms with E-state index in [1.54, 1.807) is 24.0 Å². The number of rotatable bonds is 4. The highest BCUT2D eigenvalue weighted by Gasteiger charge is 2.28. The highest BCUT2D eigenvalue weighted by Crippen LogP contribution is 2.37. The van der Waals surface area contributed by atoms with E-state index in [2.05, 4.69) is 26.1 Å². The van der Waals surface area contributed by atoms with Gasteiger partial charge >= 0.3 is 5.97 Å². The zero-order chi connectivity index (χ0) is 18.1. The number of thiazole rings is 1. The number of ether oxygens (including phenoxy) is 1. The molecule has 0 aliphatic carbocycles. The van der Waals surface area contributed by atoms with Crippen molar-refractivity contribution in [2.75, 3.05) is 12.4 Å². The van der Waals surface area contributed by atoms with Crippen LogP contribution in [0.3, 0.4) is 0 Å². The van der Waals surface area contributed by atoms with Gasteiger partial charge in [-0.3, -0.25) is 4.79 Å². The predicted molar refractivity (Wildman–Crippen MR) is 102 cm³/mol. The molecule has 1 aromatic carbocycles. The first kappa shape index (κ1) is 16.9. The monoisotopic (exact) mass is 385 g/mol. The van der Waals surface area contributed by atoms with Crippen molar-refractivity contribution in [2.24, 2.45) is 0 Å². The molecule has 0 saturated heterocycles. The number of benzene rings is 1. The summed E-state index contributed by atoms with van der Waals surface area (Å²) >= 11 is 2.94. The van der Waals surface area contributed by atoms with Crippen LogP contribution in [0.2, 0.25) is 0 Å². The number of nitrogens with zero attached hydrogens (tertiary/aromatic N) is 1. The Morgan fingerprint density at radius 2 is 2.19 bits per heavy atom. The Morgan fingerprint density at radius 3 is 3.00 bits per heavy atom. The standard InChI is InChI=1S/C18H15N3O3S2/c1-24-17(23)12-6-11(8-19-12)13-9-25-18(20-13)21-16(22)15-7-10-4-2-3-5-14(10)26-15/h2-6,8-9,15,19H,7H2,1H3,(H,20,21,22). The number of H-pyrrole nitrogens is 1. The van der Waals surface area contributed by atoms with Gasteiger partial charge < -0.3 is 15.0 Å². The van der Waals surface area contributed by atoms with Crippen molar-refractivity contribution in [1.82, 2.24) is 9.97 Å². The first-order chi connectivity index (χ1) is 12.6. The van der Waals surface area contributed by atoms with Gasteiger partial charge in [-0.25, -0.2) is 9.78 Å². The van der Waals surface area contributed by atoms with Crippen LogP contribution in [-0.4, -0.2) is 34.2 Å². The molecule has 3 aromatic rings. The number of methoxy groups -OCH3 is 1. The van der Waals surface area contributed by atoms with Crippen molar-refractivity contribution in [2.45, 2.75) is 16.6 Å². The predicted octanol–water partition coefficient (Wildman–Crippen LogP) is 3.58. The molecule has 0 bridgehead atoms. The molecular formula is C18H15N3O3S2. The van der Waals surface area contributed by atoms with Gasteiger partial charge in [-0.2, -0.15) is 0 Å². The molecule has 0 radical (unpaired) electrons. The smallest absolute Gasteiger partial charge is 0.354 e. The van der Waals surface area contributed by atoms with E-state index < -0.39 is 5.97 Å². The van der Waals surface area contributed by atoms with E-state index in [1.165, 1.54) is 24.0 Å². The molecule has 1 aliphatic heterocycles. The van der Waals surface area contributed by atoms with Crippen LogP contribution in [-0.2, 0) is 16.0 Å². The summed E-state index contributed by atoms with van der Waals surface area (Å²) < 4.78 is 4.68. The van der Waals surface area contributed by atoms with Gasteiger partial charge in [0.1, 0.15) is 5.69 Å². The average Bonchev–Trinajstić information content (AvgIpc) is 3.38. The third-order valence-corrected chi connectivity index (χ3v) is 6.13. The molecule has 1 amide bonds. The van der Waals surface area contributed by atoms with E-state index in [-0.39, 0.29) is 11.2 Å². The Bertz CT molecular complexity index is 954. The second-order valence-electron chi connectivity index (χ2n) is 5.74. The molecule has 3 heterocycles. The molecule has 0 saturated carbocycles. The summed E-state index contributed by atoms with van der Waals surface area (Å²) in [6, 6.07) is 9.75. The molecule has 132 valence electrons. The number of amides is 1. The fraction of sp³-hybridized carbons (Fsp3) is 0.167. The molecule has 8 heteroatoms. The number of aromatic nitrogens is 2. The highest BCUT2D eigenvalue weighted by molar-refractivity contribution is 8.01. The minimum absolute atomic E-state index is 0.0450. The molecular weight excluding hydrogens is 370 g/mol. The van der Waals surface area contributed by atoms with Gasteiger partial charge in [-0.15, -0.1) is 23.1 Å². The Hall–Kier alpha value is -2.58. The van der Waals surface area contributed by atoms with Crippen LogP contribution in [0.4, 0.5) is 5.13 Å². The Balaban J connectivity index is 1.43. The molecule has 1 unspecified atom stereocenters. The molecule has 4 rings (SSSR count). The number of hydrogen-bond donors (Lipinski definition) is 2. The topological polar surface area (TPSA) is 84.1 Å². The quantitative estimate of drug-likeness (QED) is 0.671. The number of carbonyl (C=O) groups excluding carboxylic acids is 2. The van der Waals surface area contributed by atoms with Crippen molar-refractivity contribution < 1.29 is 14.3 Å². The van der Waals surface area contributed by atoms with Crippen LogP contribution in [0.1, 0.15) is 16.1 Å². The minimum Gasteiger partial charge on any atom is -0.464 e. The molecule has 2 aromatic heterocycles. The van der Waals surface area contributed by atoms with Crippen LogP contribution in [0.5, 0.6) is 0 Å². The Morgan fingerprint density at radius 1 is 1.35 bits per heavy atom. The lowest BCUT2D eigenvalue weighted by molar-refractivity contribution is -0.115. The fourth-order valence-corrected chi connectivity index (χ4v) is 4.67. The number of aromatic amines is 1. The average molecular weight is 385 g/mol. The largest absolute Gasteiger partial charge is 0.464 e. The number of fused-ring (bicyclic) bond motifs is 1. The second kappa shape index (κ2) is 6.97. The molecule has 1 atom stereocenters. The van der Waals surface area contributed by atoms with Crippen LogP contribution in [0.25, 0.3) is 11.3 Å². The highest BCUT2D eigenvalue weighted by atomic mass is 32.2. The lowest BCUT2D eigenvalue weighted by Gasteiger charge is -2.07. The molecule has 2 N–H and O–H groups in total. The van der Waals surface area contributed by atoms with Crippen molar-refractivity contribution in [3.8, 4) is 11.3 Å². The van der Waals surface area contributed by atoms with E-state index in [9.17, 15) is 9.59 Å². The second-order valence-corrected chi connectivity index (χ2v) is 7.84. The number of carbonyl (C=O) groups is 2. The summed E-state index contributed by atoms with van der Waals surface area (Å²) in [6.45, 7) is 0. The SMILES string of the molecule is COC(=O)c1cc(-c2csc(NC(=O)C3Cc4ccccc4S3)n2)c[nH]1. The summed E-state index contributed by atoms with van der Waals surface area (Å²) in [5, 5.41) is 5.14. The Labute approximate surface area is 158 Å². The van der Waals surface area contributed by atoms with Gasteiger partial charge in [-0.1, -0.05) is 18.2 Å². The van der Waals surface area contributed by atoms with E-state index in [1.807, 2.05) is 23.6 Å². The van der Waals surface area contributed by atoms with Crippen LogP contribution in [0.15, 0.2) is 46.8 Å². The van der Waals surface area contributed by atoms with E-state index in [0.717, 1.165) is 16.9 Å². The van der Waals surface area contributed by atoms with Gasteiger partial charge in [0.2, 0.25) is 5.91 Å². The third-order valence-electron chi connectivity index (χ3n) is 4.06. The van der Waals surface area contributed by atoms with Crippen molar-refractivity contribution >= 4 is 40.1 Å². The lowest BCUT2D eigenvalue weighted by Crippen LogP contribution is -2.24. The van der Waals surface area contributed by atoms with Crippen molar-refractivity contribution in [1.29, 1.82) is 0 Å². The molecule has 26 heavy (non-hydrogen) atoms. The number of nitrogens with one attached hydrogen (secondary N) is 2. The van der Waals surface area contributed by atoms with Crippen molar-refractivity contribution in [3.63, 3.8) is 0 Å². The summed E-state index contributed by atoms with van der Waals surface area (Å²) in [5.41, 5.74) is 3.03. The van der Waals surface area contributed by atoms with E-state index in [4.69, 9.17) is 0 Å². The van der Waals surface area contributed by atoms with Crippen LogP contribution < -0.4 is 5.32 Å². The fourth-order valence-electron chi connectivity index (χ4n) is 2.75. The summed E-state index contributed by atoms with van der Waals surface area (Å²) in [4.78, 5) is 32.5. The van der Waals surface area contributed by atoms with E-state index >= 15 is 0 Å².